The molecule has 2 rings (SSSR count). The van der Waals surface area contributed by atoms with Crippen LogP contribution < -0.4 is 10.6 Å². The van der Waals surface area contributed by atoms with E-state index in [4.69, 9.17) is 0 Å². The third-order valence-corrected chi connectivity index (χ3v) is 5.69. The van der Waals surface area contributed by atoms with Gasteiger partial charge in [0, 0.05) is 13.0 Å². The van der Waals surface area contributed by atoms with Gasteiger partial charge in [-0.3, -0.25) is 4.79 Å². The van der Waals surface area contributed by atoms with Crippen molar-refractivity contribution in [2.75, 3.05) is 31.1 Å². The Morgan fingerprint density at radius 2 is 2.11 bits per heavy atom. The molecule has 2 aliphatic rings. The largest absolute Gasteiger partial charge is 0.356 e. The average Bonchev–Trinajstić information content (AvgIpc) is 2.93. The van der Waals surface area contributed by atoms with Crippen LogP contribution in [0.15, 0.2) is 0 Å². The molecule has 2 atom stereocenters. The van der Waals surface area contributed by atoms with Crippen molar-refractivity contribution in [2.45, 2.75) is 25.7 Å². The van der Waals surface area contributed by atoms with Crippen LogP contribution in [0, 0.1) is 11.8 Å². The number of carbonyl (C=O) groups excluding carboxylic acids is 1. The zero-order chi connectivity index (χ0) is 13.0. The molecule has 2 N–H and O–H groups in total. The number of hydrogen-bond acceptors (Lipinski definition) is 4. The van der Waals surface area contributed by atoms with Gasteiger partial charge in [-0.15, -0.1) is 0 Å². The second kappa shape index (κ2) is 6.02. The molecule has 104 valence electrons. The van der Waals surface area contributed by atoms with Crippen LogP contribution in [0.25, 0.3) is 0 Å². The van der Waals surface area contributed by atoms with E-state index in [-0.39, 0.29) is 23.3 Å². The Bertz CT molecular complexity index is 388. The van der Waals surface area contributed by atoms with Crippen LogP contribution in [-0.4, -0.2) is 45.5 Å². The van der Waals surface area contributed by atoms with E-state index in [0.717, 1.165) is 25.9 Å². The van der Waals surface area contributed by atoms with Crippen LogP contribution in [0.5, 0.6) is 0 Å². The first-order chi connectivity index (χ1) is 8.55. The molecule has 18 heavy (non-hydrogen) atoms. The first-order valence-corrected chi connectivity index (χ1v) is 8.55. The van der Waals surface area contributed by atoms with E-state index in [2.05, 4.69) is 10.6 Å². The Kier molecular flexibility index (Phi) is 4.61. The molecule has 0 bridgehead atoms. The van der Waals surface area contributed by atoms with Crippen molar-refractivity contribution in [3.05, 3.63) is 0 Å². The highest BCUT2D eigenvalue weighted by Crippen LogP contribution is 2.18. The van der Waals surface area contributed by atoms with Gasteiger partial charge in [0.1, 0.15) is 0 Å². The van der Waals surface area contributed by atoms with E-state index in [9.17, 15) is 13.2 Å². The molecule has 2 saturated heterocycles. The highest BCUT2D eigenvalue weighted by Gasteiger charge is 2.27. The van der Waals surface area contributed by atoms with Crippen molar-refractivity contribution in [3.63, 3.8) is 0 Å². The Morgan fingerprint density at radius 1 is 1.28 bits per heavy atom. The van der Waals surface area contributed by atoms with E-state index in [1.54, 1.807) is 0 Å². The highest BCUT2D eigenvalue weighted by atomic mass is 32.2. The van der Waals surface area contributed by atoms with Crippen LogP contribution in [0.3, 0.4) is 0 Å². The molecule has 2 fully saturated rings. The summed E-state index contributed by atoms with van der Waals surface area (Å²) in [5.41, 5.74) is 0. The van der Waals surface area contributed by atoms with Gasteiger partial charge in [0.15, 0.2) is 9.84 Å². The Morgan fingerprint density at radius 3 is 2.72 bits per heavy atom. The van der Waals surface area contributed by atoms with Gasteiger partial charge in [0.2, 0.25) is 5.91 Å². The van der Waals surface area contributed by atoms with Gasteiger partial charge in [-0.25, -0.2) is 8.42 Å². The SMILES string of the molecule is O=C(CCC1CCNC1)NCC1CCS(=O)(=O)C1. The fourth-order valence-corrected chi connectivity index (χ4v) is 4.54. The number of amides is 1. The zero-order valence-electron chi connectivity index (χ0n) is 10.7. The third-order valence-electron chi connectivity index (χ3n) is 3.86. The summed E-state index contributed by atoms with van der Waals surface area (Å²) in [6.07, 6.45) is 3.34. The van der Waals surface area contributed by atoms with E-state index in [0.29, 0.717) is 25.3 Å². The first kappa shape index (κ1) is 13.8. The monoisotopic (exact) mass is 274 g/mol. The van der Waals surface area contributed by atoms with Crippen LogP contribution in [0.1, 0.15) is 25.7 Å². The van der Waals surface area contributed by atoms with Crippen molar-refractivity contribution in [1.29, 1.82) is 0 Å². The minimum Gasteiger partial charge on any atom is -0.356 e. The van der Waals surface area contributed by atoms with Crippen LogP contribution in [0.2, 0.25) is 0 Å². The number of nitrogens with one attached hydrogen (secondary N) is 2. The number of sulfone groups is 1. The third kappa shape index (κ3) is 4.24. The van der Waals surface area contributed by atoms with E-state index in [1.165, 1.54) is 0 Å². The minimum atomic E-state index is -2.83. The summed E-state index contributed by atoms with van der Waals surface area (Å²) in [5.74, 6) is 1.32. The predicted molar refractivity (Wildman–Crippen MR) is 70.0 cm³/mol. The van der Waals surface area contributed by atoms with Crippen LogP contribution >= 0.6 is 0 Å². The quantitative estimate of drug-likeness (QED) is 0.736. The second-order valence-corrected chi connectivity index (χ2v) is 7.70. The lowest BCUT2D eigenvalue weighted by molar-refractivity contribution is -0.121. The molecular weight excluding hydrogens is 252 g/mol. The Balaban J connectivity index is 1.60. The van der Waals surface area contributed by atoms with Gasteiger partial charge < -0.3 is 10.6 Å². The minimum absolute atomic E-state index is 0.0613. The topological polar surface area (TPSA) is 75.3 Å². The second-order valence-electron chi connectivity index (χ2n) is 5.47. The number of hydrogen-bond donors (Lipinski definition) is 2. The van der Waals surface area contributed by atoms with Crippen molar-refractivity contribution in [2.24, 2.45) is 11.8 Å². The van der Waals surface area contributed by atoms with Gasteiger partial charge >= 0.3 is 0 Å². The lowest BCUT2D eigenvalue weighted by Gasteiger charge is -2.11. The average molecular weight is 274 g/mol. The van der Waals surface area contributed by atoms with Crippen molar-refractivity contribution in [3.8, 4) is 0 Å². The van der Waals surface area contributed by atoms with Crippen molar-refractivity contribution < 1.29 is 13.2 Å². The molecule has 0 radical (unpaired) electrons. The summed E-state index contributed by atoms with van der Waals surface area (Å²) < 4.78 is 22.5. The van der Waals surface area contributed by atoms with Gasteiger partial charge in [0.25, 0.3) is 0 Å². The number of rotatable bonds is 5. The molecule has 2 aliphatic heterocycles. The van der Waals surface area contributed by atoms with Gasteiger partial charge in [-0.05, 0) is 44.2 Å². The van der Waals surface area contributed by atoms with Crippen molar-refractivity contribution >= 4 is 15.7 Å². The summed E-state index contributed by atoms with van der Waals surface area (Å²) in [6, 6.07) is 0. The molecule has 6 heteroatoms. The molecule has 2 heterocycles. The van der Waals surface area contributed by atoms with E-state index >= 15 is 0 Å². The smallest absolute Gasteiger partial charge is 0.220 e. The molecule has 2 unspecified atom stereocenters. The zero-order valence-corrected chi connectivity index (χ0v) is 11.5. The van der Waals surface area contributed by atoms with Crippen LogP contribution in [-0.2, 0) is 14.6 Å². The van der Waals surface area contributed by atoms with E-state index < -0.39 is 9.84 Å². The fourth-order valence-electron chi connectivity index (χ4n) is 2.68. The molecule has 0 aromatic rings. The summed E-state index contributed by atoms with van der Waals surface area (Å²) in [5, 5.41) is 6.15. The lowest BCUT2D eigenvalue weighted by atomic mass is 10.0. The van der Waals surface area contributed by atoms with Gasteiger partial charge in [0.05, 0.1) is 11.5 Å². The summed E-state index contributed by atoms with van der Waals surface area (Å²) in [4.78, 5) is 11.6. The molecule has 0 saturated carbocycles. The first-order valence-electron chi connectivity index (χ1n) is 6.73. The number of carbonyl (C=O) groups is 1. The fraction of sp³-hybridized carbons (Fsp3) is 0.917. The Hall–Kier alpha value is -0.620. The molecule has 0 aromatic heterocycles. The maximum atomic E-state index is 11.6. The van der Waals surface area contributed by atoms with Gasteiger partial charge in [-0.1, -0.05) is 0 Å². The lowest BCUT2D eigenvalue weighted by Crippen LogP contribution is -2.30. The predicted octanol–water partition coefficient (Wildman–Crippen LogP) is -0.0730. The van der Waals surface area contributed by atoms with Crippen LogP contribution in [0.4, 0.5) is 0 Å². The molecule has 0 aromatic carbocycles. The summed E-state index contributed by atoms with van der Waals surface area (Å²) in [6.45, 7) is 2.60. The molecular formula is C12H22N2O3S. The molecule has 0 spiro atoms. The maximum absolute atomic E-state index is 11.6. The standard InChI is InChI=1S/C12H22N2O3S/c15-12(2-1-10-3-5-13-7-10)14-8-11-4-6-18(16,17)9-11/h10-11,13H,1-9H2,(H,14,15). The summed E-state index contributed by atoms with van der Waals surface area (Å²) >= 11 is 0. The Labute approximate surface area is 109 Å². The summed E-state index contributed by atoms with van der Waals surface area (Å²) in [7, 11) is -2.83. The van der Waals surface area contributed by atoms with Gasteiger partial charge in [-0.2, -0.15) is 0 Å². The normalized spacial score (nSPS) is 30.4. The highest BCUT2D eigenvalue weighted by molar-refractivity contribution is 7.91. The molecule has 5 nitrogen and oxygen atoms in total. The van der Waals surface area contributed by atoms with Crippen molar-refractivity contribution in [1.82, 2.24) is 10.6 Å². The molecule has 0 aliphatic carbocycles. The molecule has 1 amide bonds. The van der Waals surface area contributed by atoms with E-state index in [1.807, 2.05) is 0 Å². The maximum Gasteiger partial charge on any atom is 0.220 e.